The molecule has 190 valence electrons. The predicted octanol–water partition coefficient (Wildman–Crippen LogP) is 3.09. The maximum atomic E-state index is 13.8. The van der Waals surface area contributed by atoms with Crippen molar-refractivity contribution in [2.24, 2.45) is 5.41 Å². The fourth-order valence-corrected chi connectivity index (χ4v) is 5.13. The van der Waals surface area contributed by atoms with Crippen LogP contribution >= 0.6 is 0 Å². The van der Waals surface area contributed by atoms with Crippen molar-refractivity contribution < 1.29 is 26.3 Å². The van der Waals surface area contributed by atoms with Crippen molar-refractivity contribution in [2.75, 3.05) is 43.2 Å². The molecule has 2 saturated heterocycles. The first-order valence-corrected chi connectivity index (χ1v) is 12.8. The Bertz CT molecular complexity index is 1360. The minimum Gasteiger partial charge on any atom is -0.380 e. The van der Waals surface area contributed by atoms with E-state index >= 15 is 0 Å². The molecule has 0 aromatic carbocycles. The number of alkyl halides is 3. The van der Waals surface area contributed by atoms with Gasteiger partial charge in [0, 0.05) is 43.2 Å². The van der Waals surface area contributed by atoms with Gasteiger partial charge in [0.15, 0.2) is 9.84 Å². The van der Waals surface area contributed by atoms with Gasteiger partial charge in [-0.3, -0.25) is 4.90 Å². The summed E-state index contributed by atoms with van der Waals surface area (Å²) in [6.07, 6.45) is 0.521. The summed E-state index contributed by atoms with van der Waals surface area (Å²) in [6, 6.07) is 5.53. The Balaban J connectivity index is 1.30. The zero-order valence-corrected chi connectivity index (χ0v) is 19.8. The molecule has 2 fully saturated rings. The van der Waals surface area contributed by atoms with Gasteiger partial charge in [-0.25, -0.2) is 28.4 Å². The number of hydrogen-bond acceptors (Lipinski definition) is 10. The number of aromatic nitrogens is 4. The van der Waals surface area contributed by atoms with E-state index in [-0.39, 0.29) is 33.3 Å². The molecule has 2 aliphatic rings. The van der Waals surface area contributed by atoms with Crippen molar-refractivity contribution in [1.82, 2.24) is 24.8 Å². The topological polar surface area (TPSA) is 122 Å². The number of pyridine rings is 2. The summed E-state index contributed by atoms with van der Waals surface area (Å²) in [5.41, 5.74) is -0.0919. The summed E-state index contributed by atoms with van der Waals surface area (Å²) in [4.78, 5) is 17.8. The molecule has 0 radical (unpaired) electrons. The molecule has 0 aliphatic carbocycles. The first kappa shape index (κ1) is 24.3. The number of halogens is 3. The predicted molar refractivity (Wildman–Crippen MR) is 124 cm³/mol. The fraction of sp³-hybridized carbons (Fsp3) is 0.364. The van der Waals surface area contributed by atoms with Crippen LogP contribution in [0.4, 0.5) is 36.4 Å². The molecule has 0 unspecified atom stereocenters. The highest BCUT2D eigenvalue weighted by atomic mass is 32.2. The molecular weight excluding hydrogens is 499 g/mol. The van der Waals surface area contributed by atoms with Gasteiger partial charge < -0.3 is 15.4 Å². The van der Waals surface area contributed by atoms with Gasteiger partial charge in [0.1, 0.15) is 40.5 Å². The van der Waals surface area contributed by atoms with Crippen LogP contribution in [-0.4, -0.2) is 72.0 Å². The third-order valence-corrected chi connectivity index (χ3v) is 7.14. The number of hydrogen-bond donors (Lipinski definition) is 2. The Morgan fingerprint density at radius 2 is 1.75 bits per heavy atom. The molecule has 14 heteroatoms. The standard InChI is InChI=1S/C22H22F3N7O3S/c1-36(33,34)15-3-2-6-26-20(15)31-18-7-17(28-13-29-18)30-16-5-4-14(8-27-16)19(22(23,24)25)32-9-21(10-32)11-35-12-21/h2-8,13,19H,9-12H2,1H3,(H2,26,27,28,29,30,31)/t19-/m1/s1. The van der Waals surface area contributed by atoms with E-state index in [9.17, 15) is 21.6 Å². The first-order valence-electron chi connectivity index (χ1n) is 10.9. The lowest BCUT2D eigenvalue weighted by Gasteiger charge is -2.57. The normalized spacial score (nSPS) is 18.2. The maximum Gasteiger partial charge on any atom is 0.408 e. The minimum atomic E-state index is -4.44. The Labute approximate surface area is 204 Å². The molecule has 3 aromatic rings. The van der Waals surface area contributed by atoms with Gasteiger partial charge in [-0.1, -0.05) is 6.07 Å². The number of sulfone groups is 1. The third kappa shape index (κ3) is 4.96. The van der Waals surface area contributed by atoms with Crippen molar-refractivity contribution in [2.45, 2.75) is 17.1 Å². The van der Waals surface area contributed by atoms with Crippen LogP contribution in [0.2, 0.25) is 0 Å². The van der Waals surface area contributed by atoms with Crippen LogP contribution in [0.5, 0.6) is 0 Å². The van der Waals surface area contributed by atoms with Gasteiger partial charge >= 0.3 is 6.18 Å². The molecule has 36 heavy (non-hydrogen) atoms. The lowest BCUT2D eigenvalue weighted by atomic mass is 9.76. The van der Waals surface area contributed by atoms with Crippen molar-refractivity contribution in [3.8, 4) is 0 Å². The maximum absolute atomic E-state index is 13.8. The molecule has 1 spiro atoms. The molecular formula is C22H22F3N7O3S. The molecule has 1 atom stereocenters. The second-order valence-electron chi connectivity index (χ2n) is 8.98. The zero-order valence-electron chi connectivity index (χ0n) is 19.0. The largest absolute Gasteiger partial charge is 0.408 e. The monoisotopic (exact) mass is 521 g/mol. The van der Waals surface area contributed by atoms with Crippen LogP contribution in [0, 0.1) is 5.41 Å². The van der Waals surface area contributed by atoms with Crippen molar-refractivity contribution >= 4 is 33.1 Å². The van der Waals surface area contributed by atoms with E-state index in [0.717, 1.165) is 6.26 Å². The number of ether oxygens (including phenoxy) is 1. The number of rotatable bonds is 7. The Kier molecular flexibility index (Phi) is 6.04. The quantitative estimate of drug-likeness (QED) is 0.480. The van der Waals surface area contributed by atoms with Crippen LogP contribution in [0.15, 0.2) is 53.9 Å². The number of nitrogens with one attached hydrogen (secondary N) is 2. The Morgan fingerprint density at radius 1 is 1.03 bits per heavy atom. The summed E-state index contributed by atoms with van der Waals surface area (Å²) in [7, 11) is -3.53. The van der Waals surface area contributed by atoms with E-state index in [1.807, 2.05) is 0 Å². The van der Waals surface area contributed by atoms with Crippen LogP contribution in [0.1, 0.15) is 11.6 Å². The highest BCUT2D eigenvalue weighted by molar-refractivity contribution is 7.90. The van der Waals surface area contributed by atoms with Crippen LogP contribution in [0.25, 0.3) is 0 Å². The smallest absolute Gasteiger partial charge is 0.380 e. The van der Waals surface area contributed by atoms with Gasteiger partial charge in [0.05, 0.1) is 13.2 Å². The lowest BCUT2D eigenvalue weighted by Crippen LogP contribution is -2.67. The Hall–Kier alpha value is -3.36. The number of nitrogens with zero attached hydrogens (tertiary/aromatic N) is 5. The highest BCUT2D eigenvalue weighted by Gasteiger charge is 2.56. The molecule has 2 N–H and O–H groups in total. The molecule has 0 saturated carbocycles. The summed E-state index contributed by atoms with van der Waals surface area (Å²) < 4.78 is 70.7. The van der Waals surface area contributed by atoms with Gasteiger partial charge in [-0.05, 0) is 23.8 Å². The van der Waals surface area contributed by atoms with E-state index in [2.05, 4.69) is 30.6 Å². The van der Waals surface area contributed by atoms with Crippen molar-refractivity contribution in [3.63, 3.8) is 0 Å². The summed E-state index contributed by atoms with van der Waals surface area (Å²) in [5.74, 6) is 0.946. The summed E-state index contributed by atoms with van der Waals surface area (Å²) >= 11 is 0. The minimum absolute atomic E-state index is 0.00699. The van der Waals surface area contributed by atoms with Crippen LogP contribution in [0.3, 0.4) is 0 Å². The zero-order chi connectivity index (χ0) is 25.6. The number of likely N-dealkylation sites (tertiary alicyclic amines) is 1. The fourth-order valence-electron chi connectivity index (χ4n) is 4.35. The molecule has 0 bridgehead atoms. The van der Waals surface area contributed by atoms with E-state index in [1.165, 1.54) is 54.0 Å². The van der Waals surface area contributed by atoms with Gasteiger partial charge in [-0.2, -0.15) is 13.2 Å². The molecule has 5 heterocycles. The molecule has 5 rings (SSSR count). The average molecular weight is 522 g/mol. The van der Waals surface area contributed by atoms with Crippen molar-refractivity contribution in [3.05, 3.63) is 54.6 Å². The second-order valence-corrected chi connectivity index (χ2v) is 11.0. The van der Waals surface area contributed by atoms with Gasteiger partial charge in [-0.15, -0.1) is 0 Å². The molecule has 3 aromatic heterocycles. The SMILES string of the molecule is CS(=O)(=O)c1cccnc1Nc1cc(Nc2ccc([C@@H](N3CC4(COC4)C3)C(F)(F)F)cn2)ncn1. The Morgan fingerprint density at radius 3 is 2.33 bits per heavy atom. The van der Waals surface area contributed by atoms with Gasteiger partial charge in [0.25, 0.3) is 0 Å². The third-order valence-electron chi connectivity index (χ3n) is 6.01. The van der Waals surface area contributed by atoms with Crippen LogP contribution < -0.4 is 10.6 Å². The van der Waals surface area contributed by atoms with Crippen molar-refractivity contribution in [1.29, 1.82) is 0 Å². The summed E-state index contributed by atoms with van der Waals surface area (Å²) in [6.45, 7) is 1.68. The van der Waals surface area contributed by atoms with E-state index in [4.69, 9.17) is 4.74 Å². The van der Waals surface area contributed by atoms with E-state index < -0.39 is 22.1 Å². The van der Waals surface area contributed by atoms with Crippen LogP contribution in [-0.2, 0) is 14.6 Å². The van der Waals surface area contributed by atoms with E-state index in [1.54, 1.807) is 0 Å². The molecule has 10 nitrogen and oxygen atoms in total. The first-order chi connectivity index (χ1) is 17.0. The molecule has 0 amide bonds. The lowest BCUT2D eigenvalue weighted by molar-refractivity contribution is -0.252. The molecule has 2 aliphatic heterocycles. The second kappa shape index (κ2) is 8.94. The van der Waals surface area contributed by atoms with E-state index in [0.29, 0.717) is 32.1 Å². The number of anilines is 4. The highest BCUT2D eigenvalue weighted by Crippen LogP contribution is 2.47. The van der Waals surface area contributed by atoms with Gasteiger partial charge in [0.2, 0.25) is 0 Å². The average Bonchev–Trinajstić information content (AvgIpc) is 2.74. The summed E-state index contributed by atoms with van der Waals surface area (Å²) in [5, 5.41) is 5.76.